The van der Waals surface area contributed by atoms with E-state index in [1.165, 1.54) is 13.2 Å². The quantitative estimate of drug-likeness (QED) is 0.281. The van der Waals surface area contributed by atoms with Gasteiger partial charge in [0.1, 0.15) is 11.8 Å². The number of carboxylic acids is 1. The summed E-state index contributed by atoms with van der Waals surface area (Å²) in [6, 6.07) is 21.9. The molecule has 0 saturated heterocycles. The van der Waals surface area contributed by atoms with Gasteiger partial charge in [-0.2, -0.15) is 16.5 Å². The molecule has 0 amide bonds. The van der Waals surface area contributed by atoms with Crippen molar-refractivity contribution in [3.8, 4) is 16.9 Å². The third-order valence-electron chi connectivity index (χ3n) is 5.66. The van der Waals surface area contributed by atoms with Crippen LogP contribution in [0.2, 0.25) is 0 Å². The van der Waals surface area contributed by atoms with Gasteiger partial charge in [0.25, 0.3) is 0 Å². The number of hydrogen-bond donors (Lipinski definition) is 2. The predicted octanol–water partition coefficient (Wildman–Crippen LogP) is 5.62. The van der Waals surface area contributed by atoms with Crippen LogP contribution < -0.4 is 9.46 Å². The summed E-state index contributed by atoms with van der Waals surface area (Å²) in [7, 11) is -2.50. The van der Waals surface area contributed by atoms with Crippen molar-refractivity contribution in [3.05, 3.63) is 83.9 Å². The summed E-state index contributed by atoms with van der Waals surface area (Å²) in [4.78, 5) is 11.9. The molecule has 8 heteroatoms. The smallest absolute Gasteiger partial charge is 0.321 e. The Balaban J connectivity index is 1.60. The fourth-order valence-electron chi connectivity index (χ4n) is 3.84. The van der Waals surface area contributed by atoms with Gasteiger partial charge in [0, 0.05) is 5.75 Å². The highest BCUT2D eigenvalue weighted by molar-refractivity contribution is 7.98. The van der Waals surface area contributed by atoms with E-state index in [2.05, 4.69) is 41.1 Å². The first-order valence-corrected chi connectivity index (χ1v) is 14.5. The van der Waals surface area contributed by atoms with E-state index in [1.807, 2.05) is 32.0 Å². The Kier molecular flexibility index (Phi) is 9.98. The molecule has 0 aromatic heterocycles. The van der Waals surface area contributed by atoms with Crippen LogP contribution in [-0.2, 0) is 27.0 Å². The molecular weight excluding hydrogens is 494 g/mol. The summed E-state index contributed by atoms with van der Waals surface area (Å²) in [5.74, 6) is 0.810. The zero-order valence-corrected chi connectivity index (χ0v) is 22.4. The number of sulfonamides is 1. The SMILES string of the molecule is COc1ccc(S(=O)(=O)NC(CCSCc2ccc(-c3ccccc3)cc2)C(=O)O)c(CC(C)C)c1. The summed E-state index contributed by atoms with van der Waals surface area (Å²) >= 11 is 1.58. The molecule has 0 saturated carbocycles. The van der Waals surface area contributed by atoms with Crippen LogP contribution in [0.5, 0.6) is 5.75 Å². The Morgan fingerprint density at radius 1 is 1.00 bits per heavy atom. The van der Waals surface area contributed by atoms with E-state index in [0.29, 0.717) is 29.2 Å². The normalized spacial score (nSPS) is 12.4. The van der Waals surface area contributed by atoms with E-state index in [4.69, 9.17) is 4.74 Å². The monoisotopic (exact) mass is 527 g/mol. The highest BCUT2D eigenvalue weighted by Crippen LogP contribution is 2.25. The topological polar surface area (TPSA) is 92.7 Å². The molecule has 0 fully saturated rings. The zero-order chi connectivity index (χ0) is 26.1. The molecule has 1 atom stereocenters. The van der Waals surface area contributed by atoms with Gasteiger partial charge in [-0.15, -0.1) is 0 Å². The van der Waals surface area contributed by atoms with Gasteiger partial charge in [-0.25, -0.2) is 8.42 Å². The first-order chi connectivity index (χ1) is 17.2. The fourth-order valence-corrected chi connectivity index (χ4v) is 6.27. The van der Waals surface area contributed by atoms with Gasteiger partial charge in [0.05, 0.1) is 12.0 Å². The van der Waals surface area contributed by atoms with E-state index < -0.39 is 22.0 Å². The molecule has 0 aliphatic carbocycles. The Labute approximate surface area is 218 Å². The largest absolute Gasteiger partial charge is 0.497 e. The standard InChI is InChI=1S/C28H33NO5S2/c1-20(2)17-24-18-25(34-3)13-14-27(24)36(32,33)29-26(28(30)31)15-16-35-19-21-9-11-23(12-10-21)22-7-5-4-6-8-22/h4-14,18,20,26,29H,15-17,19H2,1-3H3,(H,30,31). The summed E-state index contributed by atoms with van der Waals surface area (Å²) in [5.41, 5.74) is 4.03. The van der Waals surface area contributed by atoms with Gasteiger partial charge >= 0.3 is 5.97 Å². The molecule has 0 radical (unpaired) electrons. The second-order valence-electron chi connectivity index (χ2n) is 8.99. The van der Waals surface area contributed by atoms with Gasteiger partial charge in [0.15, 0.2) is 0 Å². The van der Waals surface area contributed by atoms with Crippen LogP contribution in [0.15, 0.2) is 77.7 Å². The van der Waals surface area contributed by atoms with Crippen molar-refractivity contribution in [1.82, 2.24) is 4.72 Å². The second-order valence-corrected chi connectivity index (χ2v) is 11.8. The average Bonchev–Trinajstić information content (AvgIpc) is 2.86. The third kappa shape index (κ3) is 7.85. The van der Waals surface area contributed by atoms with Crippen LogP contribution in [-0.4, -0.2) is 38.4 Å². The maximum atomic E-state index is 13.1. The van der Waals surface area contributed by atoms with Crippen LogP contribution in [0.25, 0.3) is 11.1 Å². The maximum absolute atomic E-state index is 13.1. The minimum atomic E-state index is -4.02. The number of ether oxygens (including phenoxy) is 1. The summed E-state index contributed by atoms with van der Waals surface area (Å²) in [6.07, 6.45) is 0.709. The van der Waals surface area contributed by atoms with Crippen molar-refractivity contribution in [1.29, 1.82) is 0 Å². The number of aliphatic carboxylic acids is 1. The number of methoxy groups -OCH3 is 1. The number of thioether (sulfide) groups is 1. The van der Waals surface area contributed by atoms with Crippen molar-refractivity contribution in [2.45, 2.75) is 43.4 Å². The number of nitrogens with one attached hydrogen (secondary N) is 1. The van der Waals surface area contributed by atoms with Crippen LogP contribution in [0, 0.1) is 5.92 Å². The molecular formula is C28H33NO5S2. The maximum Gasteiger partial charge on any atom is 0.321 e. The molecule has 2 N–H and O–H groups in total. The molecule has 1 unspecified atom stereocenters. The van der Waals surface area contributed by atoms with Crippen molar-refractivity contribution in [2.24, 2.45) is 5.92 Å². The number of carbonyl (C=O) groups is 1. The Morgan fingerprint density at radius 2 is 1.67 bits per heavy atom. The van der Waals surface area contributed by atoms with Crippen LogP contribution in [0.3, 0.4) is 0 Å². The molecule has 3 aromatic rings. The van der Waals surface area contributed by atoms with Crippen LogP contribution in [0.4, 0.5) is 0 Å². The predicted molar refractivity (Wildman–Crippen MR) is 146 cm³/mol. The van der Waals surface area contributed by atoms with Gasteiger partial charge in [0.2, 0.25) is 10.0 Å². The Bertz CT molecular complexity index is 1240. The molecule has 3 rings (SSSR count). The summed E-state index contributed by atoms with van der Waals surface area (Å²) < 4.78 is 33.9. The first-order valence-electron chi connectivity index (χ1n) is 11.8. The summed E-state index contributed by atoms with van der Waals surface area (Å²) in [5, 5.41) is 9.68. The molecule has 0 aliphatic heterocycles. The van der Waals surface area contributed by atoms with Crippen molar-refractivity contribution < 1.29 is 23.1 Å². The number of benzene rings is 3. The molecule has 0 heterocycles. The lowest BCUT2D eigenvalue weighted by Crippen LogP contribution is -2.41. The third-order valence-corrected chi connectivity index (χ3v) is 8.30. The van der Waals surface area contributed by atoms with Gasteiger partial charge in [-0.05, 0) is 65.0 Å². The molecule has 0 aliphatic rings. The van der Waals surface area contributed by atoms with Crippen LogP contribution >= 0.6 is 11.8 Å². The minimum Gasteiger partial charge on any atom is -0.497 e. The van der Waals surface area contributed by atoms with Crippen LogP contribution in [0.1, 0.15) is 31.4 Å². The lowest BCUT2D eigenvalue weighted by Gasteiger charge is -2.18. The lowest BCUT2D eigenvalue weighted by atomic mass is 10.0. The highest BCUT2D eigenvalue weighted by atomic mass is 32.2. The van der Waals surface area contributed by atoms with E-state index in [-0.39, 0.29) is 17.2 Å². The molecule has 0 bridgehead atoms. The molecule has 192 valence electrons. The van der Waals surface area contributed by atoms with E-state index >= 15 is 0 Å². The van der Waals surface area contributed by atoms with Gasteiger partial charge in [-0.3, -0.25) is 4.79 Å². The van der Waals surface area contributed by atoms with Crippen molar-refractivity contribution >= 4 is 27.8 Å². The van der Waals surface area contributed by atoms with Crippen molar-refractivity contribution in [3.63, 3.8) is 0 Å². The number of carboxylic acid groups (broad SMARTS) is 1. The summed E-state index contributed by atoms with van der Waals surface area (Å²) in [6.45, 7) is 3.99. The van der Waals surface area contributed by atoms with Gasteiger partial charge < -0.3 is 9.84 Å². The average molecular weight is 528 g/mol. The second kappa shape index (κ2) is 12.9. The zero-order valence-electron chi connectivity index (χ0n) is 20.8. The highest BCUT2D eigenvalue weighted by Gasteiger charge is 2.27. The molecule has 6 nitrogen and oxygen atoms in total. The number of hydrogen-bond acceptors (Lipinski definition) is 5. The van der Waals surface area contributed by atoms with Crippen molar-refractivity contribution in [2.75, 3.05) is 12.9 Å². The van der Waals surface area contributed by atoms with E-state index in [9.17, 15) is 18.3 Å². The first kappa shape index (κ1) is 27.8. The number of rotatable bonds is 13. The molecule has 0 spiro atoms. The van der Waals surface area contributed by atoms with E-state index in [0.717, 1.165) is 16.7 Å². The minimum absolute atomic E-state index is 0.0920. The Hall–Kier alpha value is -2.81. The lowest BCUT2D eigenvalue weighted by molar-refractivity contribution is -0.139. The fraction of sp³-hybridized carbons (Fsp3) is 0.321. The molecule has 36 heavy (non-hydrogen) atoms. The van der Waals surface area contributed by atoms with Gasteiger partial charge in [-0.1, -0.05) is 68.4 Å². The van der Waals surface area contributed by atoms with E-state index in [1.54, 1.807) is 23.9 Å². The molecule has 3 aromatic carbocycles. The Morgan fingerprint density at radius 3 is 2.28 bits per heavy atom.